The minimum atomic E-state index is -0.791. The average molecular weight is 539 g/mol. The number of thioether (sulfide) groups is 1. The van der Waals surface area contributed by atoms with Gasteiger partial charge in [0.2, 0.25) is 11.8 Å². The fourth-order valence-electron chi connectivity index (χ4n) is 5.89. The summed E-state index contributed by atoms with van der Waals surface area (Å²) in [6, 6.07) is 4.52. The zero-order valence-electron chi connectivity index (χ0n) is 19.3. The van der Waals surface area contributed by atoms with Crippen LogP contribution in [0, 0.1) is 25.7 Å². The molecule has 1 aromatic rings. The molecule has 1 aromatic carbocycles. The lowest BCUT2D eigenvalue weighted by Gasteiger charge is -2.37. The molecule has 4 rings (SSSR count). The molecule has 3 heterocycles. The molecule has 0 aromatic heterocycles. The van der Waals surface area contributed by atoms with Crippen LogP contribution in [0.4, 0.5) is 5.69 Å². The highest BCUT2D eigenvalue weighted by molar-refractivity contribution is 9.09. The molecule has 3 aliphatic rings. The Labute approximate surface area is 207 Å². The van der Waals surface area contributed by atoms with Crippen molar-refractivity contribution in [1.29, 1.82) is 0 Å². The van der Waals surface area contributed by atoms with Crippen molar-refractivity contribution in [3.05, 3.63) is 29.3 Å². The first kappa shape index (κ1) is 24.5. The van der Waals surface area contributed by atoms with Gasteiger partial charge in [-0.05, 0) is 44.7 Å². The molecule has 3 saturated heterocycles. The number of fused-ring (bicyclic) bond motifs is 1. The lowest BCUT2D eigenvalue weighted by molar-refractivity contribution is -0.154. The Hall–Kier alpha value is -1.58. The van der Waals surface area contributed by atoms with Crippen molar-refractivity contribution in [1.82, 2.24) is 4.90 Å². The van der Waals surface area contributed by atoms with E-state index >= 15 is 0 Å². The minimum Gasteiger partial charge on any atom is -0.466 e. The van der Waals surface area contributed by atoms with Gasteiger partial charge in [-0.3, -0.25) is 14.4 Å². The number of hydrogen-bond donors (Lipinski definition) is 2. The molecule has 0 saturated carbocycles. The van der Waals surface area contributed by atoms with E-state index in [4.69, 9.17) is 4.74 Å². The Morgan fingerprint density at radius 1 is 1.33 bits per heavy atom. The van der Waals surface area contributed by atoms with Crippen LogP contribution in [-0.2, 0) is 19.1 Å². The fourth-order valence-corrected chi connectivity index (χ4v) is 9.47. The number of rotatable bonds is 7. The van der Waals surface area contributed by atoms with E-state index in [1.54, 1.807) is 23.6 Å². The number of anilines is 1. The number of likely N-dealkylation sites (tertiary alicyclic amines) is 1. The van der Waals surface area contributed by atoms with E-state index in [0.717, 1.165) is 16.8 Å². The van der Waals surface area contributed by atoms with E-state index in [0.29, 0.717) is 12.8 Å². The number of esters is 1. The van der Waals surface area contributed by atoms with Gasteiger partial charge in [0.25, 0.3) is 0 Å². The van der Waals surface area contributed by atoms with Gasteiger partial charge in [0, 0.05) is 15.8 Å². The van der Waals surface area contributed by atoms with Gasteiger partial charge >= 0.3 is 5.97 Å². The molecule has 33 heavy (non-hydrogen) atoms. The number of aliphatic hydroxyl groups excluding tert-OH is 1. The van der Waals surface area contributed by atoms with Gasteiger partial charge < -0.3 is 20.1 Å². The quantitative estimate of drug-likeness (QED) is 0.409. The van der Waals surface area contributed by atoms with Crippen LogP contribution >= 0.6 is 27.7 Å². The van der Waals surface area contributed by atoms with E-state index in [2.05, 4.69) is 21.2 Å². The number of ether oxygens (including phenoxy) is 1. The number of carbonyl (C=O) groups is 3. The average Bonchev–Trinajstić information content (AvgIpc) is 3.36. The third-order valence-electron chi connectivity index (χ3n) is 7.34. The molecule has 7 atom stereocenters. The number of benzene rings is 1. The van der Waals surface area contributed by atoms with Gasteiger partial charge in [-0.2, -0.15) is 0 Å². The Kier molecular flexibility index (Phi) is 6.86. The number of carbonyl (C=O) groups excluding carboxylic acids is 3. The molecule has 2 amide bonds. The smallest absolute Gasteiger partial charge is 0.310 e. The first-order valence-electron chi connectivity index (χ1n) is 11.5. The van der Waals surface area contributed by atoms with E-state index in [1.165, 1.54) is 0 Å². The van der Waals surface area contributed by atoms with Crippen molar-refractivity contribution < 1.29 is 24.2 Å². The van der Waals surface area contributed by atoms with Gasteiger partial charge in [-0.1, -0.05) is 41.1 Å². The maximum atomic E-state index is 13.9. The number of nitrogens with one attached hydrogen (secondary N) is 1. The van der Waals surface area contributed by atoms with Crippen LogP contribution in [0.2, 0.25) is 0 Å². The third kappa shape index (κ3) is 3.71. The second kappa shape index (κ2) is 9.23. The Morgan fingerprint density at radius 2 is 2.00 bits per heavy atom. The molecular formula is C24H31BrN2O5S. The molecule has 9 heteroatoms. The van der Waals surface area contributed by atoms with Crippen LogP contribution < -0.4 is 5.32 Å². The van der Waals surface area contributed by atoms with Crippen molar-refractivity contribution in [2.24, 2.45) is 11.8 Å². The first-order valence-corrected chi connectivity index (χ1v) is 13.3. The molecular weight excluding hydrogens is 508 g/mol. The second-order valence-corrected chi connectivity index (χ2v) is 11.9. The molecule has 3 unspecified atom stereocenters. The molecule has 3 aliphatic heterocycles. The number of halogens is 1. The van der Waals surface area contributed by atoms with Gasteiger partial charge in [0.05, 0.1) is 35.8 Å². The van der Waals surface area contributed by atoms with E-state index in [1.807, 2.05) is 39.0 Å². The summed E-state index contributed by atoms with van der Waals surface area (Å²) in [6.45, 7) is 7.51. The number of nitrogens with zero attached hydrogens (tertiary/aromatic N) is 1. The summed E-state index contributed by atoms with van der Waals surface area (Å²) < 4.78 is 4.60. The van der Waals surface area contributed by atoms with E-state index < -0.39 is 28.7 Å². The second-order valence-electron chi connectivity index (χ2n) is 9.16. The number of aliphatic hydroxyl groups is 1. The predicted molar refractivity (Wildman–Crippen MR) is 131 cm³/mol. The Balaban J connectivity index is 1.79. The molecule has 2 N–H and O–H groups in total. The number of para-hydroxylation sites is 1. The van der Waals surface area contributed by atoms with Crippen LogP contribution in [0.1, 0.15) is 37.8 Å². The lowest BCUT2D eigenvalue weighted by atomic mass is 9.71. The number of hydrogen-bond acceptors (Lipinski definition) is 6. The standard InChI is InChI=1S/C24H31BrN2O5S/c1-5-14(11-28)27-20(21(29)26-18-12(3)8-7-9-13(18)4)24-10-15(25)19(33-24)16(17(24)22(27)30)23(31)32-6-2/h7-9,14-17,19-20,28H,5-6,10-11H2,1-4H3,(H,26,29)/t14-,15?,16+,17-,19+,20?,24?/m0/s1. The molecule has 0 aliphatic carbocycles. The molecule has 3 fully saturated rings. The highest BCUT2D eigenvalue weighted by Crippen LogP contribution is 2.68. The number of alkyl halides is 1. The van der Waals surface area contributed by atoms with Gasteiger partial charge in [-0.25, -0.2) is 0 Å². The van der Waals surface area contributed by atoms with Crippen LogP contribution in [0.5, 0.6) is 0 Å². The van der Waals surface area contributed by atoms with Gasteiger partial charge in [0.1, 0.15) is 6.04 Å². The van der Waals surface area contributed by atoms with Gasteiger partial charge in [-0.15, -0.1) is 11.8 Å². The highest BCUT2D eigenvalue weighted by Gasteiger charge is 2.76. The summed E-state index contributed by atoms with van der Waals surface area (Å²) in [5.74, 6) is -2.14. The normalized spacial score (nSPS) is 33.2. The Morgan fingerprint density at radius 3 is 2.58 bits per heavy atom. The topological polar surface area (TPSA) is 95.9 Å². The molecule has 1 spiro atoms. The van der Waals surface area contributed by atoms with E-state index in [-0.39, 0.29) is 41.1 Å². The minimum absolute atomic E-state index is 0.00870. The molecule has 7 nitrogen and oxygen atoms in total. The summed E-state index contributed by atoms with van der Waals surface area (Å²) in [7, 11) is 0. The summed E-state index contributed by atoms with van der Waals surface area (Å²) in [6.07, 6.45) is 1.10. The summed E-state index contributed by atoms with van der Waals surface area (Å²) in [5, 5.41) is 13.0. The van der Waals surface area contributed by atoms with Gasteiger partial charge in [0.15, 0.2) is 0 Å². The molecule has 180 valence electrons. The third-order valence-corrected chi connectivity index (χ3v) is 10.6. The number of amides is 2. The molecule has 2 bridgehead atoms. The van der Waals surface area contributed by atoms with Crippen molar-refractivity contribution in [2.45, 2.75) is 67.4 Å². The zero-order chi connectivity index (χ0) is 24.1. The highest BCUT2D eigenvalue weighted by atomic mass is 79.9. The fraction of sp³-hybridized carbons (Fsp3) is 0.625. The van der Waals surface area contributed by atoms with Crippen LogP contribution in [0.15, 0.2) is 18.2 Å². The monoisotopic (exact) mass is 538 g/mol. The predicted octanol–water partition coefficient (Wildman–Crippen LogP) is 3.04. The van der Waals surface area contributed by atoms with Crippen LogP contribution in [0.3, 0.4) is 0 Å². The maximum Gasteiger partial charge on any atom is 0.310 e. The largest absolute Gasteiger partial charge is 0.466 e. The molecule has 0 radical (unpaired) electrons. The van der Waals surface area contributed by atoms with Crippen LogP contribution in [0.25, 0.3) is 0 Å². The number of aryl methyl sites for hydroxylation is 2. The lowest BCUT2D eigenvalue weighted by Crippen LogP contribution is -2.55. The van der Waals surface area contributed by atoms with Crippen LogP contribution in [-0.4, -0.2) is 67.9 Å². The van der Waals surface area contributed by atoms with Crippen molar-refractivity contribution in [2.75, 3.05) is 18.5 Å². The Bertz CT molecular complexity index is 950. The SMILES string of the molecule is CCOC(=O)[C@H]1[C@@H]2SC3(CC2Br)C(C(=O)Nc2c(C)cccc2C)N([C@@H](CC)CO)C(=O)[C@H]13. The zero-order valence-corrected chi connectivity index (χ0v) is 21.7. The maximum absolute atomic E-state index is 13.9. The van der Waals surface area contributed by atoms with E-state index in [9.17, 15) is 19.5 Å². The summed E-state index contributed by atoms with van der Waals surface area (Å²) in [4.78, 5) is 42.3. The summed E-state index contributed by atoms with van der Waals surface area (Å²) >= 11 is 5.29. The van der Waals surface area contributed by atoms with Crippen molar-refractivity contribution >= 4 is 51.2 Å². The van der Waals surface area contributed by atoms with Crippen molar-refractivity contribution in [3.8, 4) is 0 Å². The summed E-state index contributed by atoms with van der Waals surface area (Å²) in [5.41, 5.74) is 2.61. The van der Waals surface area contributed by atoms with Crippen molar-refractivity contribution in [3.63, 3.8) is 0 Å². The first-order chi connectivity index (χ1) is 15.7.